The van der Waals surface area contributed by atoms with Gasteiger partial charge in [0.2, 0.25) is 0 Å². The van der Waals surface area contributed by atoms with E-state index in [1.165, 1.54) is 6.33 Å². The zero-order valence-electron chi connectivity index (χ0n) is 14.8. The smallest absolute Gasteiger partial charge is 0.132 e. The van der Waals surface area contributed by atoms with Crippen molar-refractivity contribution in [3.63, 3.8) is 0 Å². The summed E-state index contributed by atoms with van der Waals surface area (Å²) in [6, 6.07) is 12.2. The van der Waals surface area contributed by atoms with Crippen molar-refractivity contribution in [1.29, 1.82) is 0 Å². The third-order valence-corrected chi connectivity index (χ3v) is 4.85. The Morgan fingerprint density at radius 1 is 1.23 bits per heavy atom. The minimum atomic E-state index is -0.814. The minimum Gasteiger partial charge on any atom is -0.349 e. The quantitative estimate of drug-likeness (QED) is 0.707. The number of para-hydroxylation sites is 1. The summed E-state index contributed by atoms with van der Waals surface area (Å²) in [5, 5.41) is 1.14. The molecule has 134 valence electrons. The molecule has 1 aliphatic heterocycles. The summed E-state index contributed by atoms with van der Waals surface area (Å²) < 4.78 is 14.0. The number of halogens is 1. The summed E-state index contributed by atoms with van der Waals surface area (Å²) in [7, 11) is 2.07. The molecule has 3 heterocycles. The van der Waals surface area contributed by atoms with Crippen LogP contribution in [-0.4, -0.2) is 52.2 Å². The lowest BCUT2D eigenvalue weighted by molar-refractivity contribution is 0.289. The second-order valence-electron chi connectivity index (χ2n) is 6.94. The van der Waals surface area contributed by atoms with E-state index >= 15 is 0 Å². The molecule has 0 unspecified atom stereocenters. The summed E-state index contributed by atoms with van der Waals surface area (Å²) >= 11 is 0. The van der Waals surface area contributed by atoms with E-state index < -0.39 is 6.17 Å². The van der Waals surface area contributed by atoms with E-state index in [-0.39, 0.29) is 6.04 Å². The Morgan fingerprint density at radius 3 is 2.96 bits per heavy atom. The molecule has 0 aliphatic carbocycles. The van der Waals surface area contributed by atoms with Gasteiger partial charge in [0.1, 0.15) is 18.3 Å². The van der Waals surface area contributed by atoms with Gasteiger partial charge in [-0.2, -0.15) is 0 Å². The van der Waals surface area contributed by atoms with Crippen LogP contribution in [0.2, 0.25) is 0 Å². The Morgan fingerprint density at radius 2 is 2.12 bits per heavy atom. The van der Waals surface area contributed by atoms with Crippen LogP contribution >= 0.6 is 0 Å². The maximum atomic E-state index is 14.0. The van der Waals surface area contributed by atoms with Gasteiger partial charge >= 0.3 is 0 Å². The molecule has 4 rings (SSSR count). The minimum absolute atomic E-state index is 0.110. The molecular weight excluding hydrogens is 329 g/mol. The van der Waals surface area contributed by atoms with Gasteiger partial charge in [0.25, 0.3) is 0 Å². The number of likely N-dealkylation sites (N-methyl/N-ethyl adjacent to an activating group) is 1. The number of pyridine rings is 1. The molecule has 1 aliphatic rings. The number of alkyl halides is 1. The van der Waals surface area contributed by atoms with Crippen molar-refractivity contribution < 1.29 is 4.39 Å². The Balaban J connectivity index is 1.45. The van der Waals surface area contributed by atoms with Crippen molar-refractivity contribution in [3.05, 3.63) is 60.7 Å². The number of hydrogen-bond acceptors (Lipinski definition) is 5. The number of rotatable bonds is 5. The SMILES string of the molecule is CN(Cc1cnc2ccccc2c1)C[C@@H]1C[C@H](F)CN1c1ccncn1. The maximum Gasteiger partial charge on any atom is 0.132 e. The van der Waals surface area contributed by atoms with Crippen molar-refractivity contribution >= 4 is 16.7 Å². The first-order chi connectivity index (χ1) is 12.7. The van der Waals surface area contributed by atoms with Gasteiger partial charge in [0.15, 0.2) is 0 Å². The van der Waals surface area contributed by atoms with Crippen LogP contribution in [0.4, 0.5) is 10.2 Å². The zero-order valence-corrected chi connectivity index (χ0v) is 14.8. The van der Waals surface area contributed by atoms with Gasteiger partial charge in [-0.15, -0.1) is 0 Å². The number of fused-ring (bicyclic) bond motifs is 1. The molecule has 2 aromatic heterocycles. The van der Waals surface area contributed by atoms with E-state index in [0.29, 0.717) is 13.0 Å². The molecule has 0 radical (unpaired) electrons. The van der Waals surface area contributed by atoms with Crippen LogP contribution in [0.25, 0.3) is 10.9 Å². The third-order valence-electron chi connectivity index (χ3n) is 4.85. The van der Waals surface area contributed by atoms with E-state index in [1.807, 2.05) is 30.5 Å². The molecule has 1 saturated heterocycles. The fourth-order valence-corrected chi connectivity index (χ4v) is 3.71. The molecule has 0 bridgehead atoms. The first-order valence-electron chi connectivity index (χ1n) is 8.88. The second kappa shape index (κ2) is 7.33. The molecule has 5 nitrogen and oxygen atoms in total. The first-order valence-corrected chi connectivity index (χ1v) is 8.88. The highest BCUT2D eigenvalue weighted by Gasteiger charge is 2.33. The van der Waals surface area contributed by atoms with Gasteiger partial charge < -0.3 is 9.80 Å². The van der Waals surface area contributed by atoms with Gasteiger partial charge in [-0.05, 0) is 30.8 Å². The van der Waals surface area contributed by atoms with Crippen LogP contribution in [0.5, 0.6) is 0 Å². The van der Waals surface area contributed by atoms with Crippen molar-refractivity contribution in [2.75, 3.05) is 25.0 Å². The summed E-state index contributed by atoms with van der Waals surface area (Å²) in [6.45, 7) is 1.95. The number of aromatic nitrogens is 3. The van der Waals surface area contributed by atoms with Gasteiger partial charge in [-0.1, -0.05) is 18.2 Å². The molecule has 2 atom stereocenters. The number of anilines is 1. The molecule has 0 saturated carbocycles. The maximum absolute atomic E-state index is 14.0. The number of benzene rings is 1. The van der Waals surface area contributed by atoms with E-state index in [4.69, 9.17) is 0 Å². The summed E-state index contributed by atoms with van der Waals surface area (Å²) in [4.78, 5) is 17.1. The molecule has 0 spiro atoms. The van der Waals surface area contributed by atoms with Gasteiger partial charge in [0.05, 0.1) is 12.1 Å². The van der Waals surface area contributed by atoms with Gasteiger partial charge in [-0.3, -0.25) is 4.98 Å². The lowest BCUT2D eigenvalue weighted by Gasteiger charge is -2.29. The molecule has 1 aromatic carbocycles. The highest BCUT2D eigenvalue weighted by molar-refractivity contribution is 5.78. The summed E-state index contributed by atoms with van der Waals surface area (Å²) in [6.07, 6.45) is 4.86. The predicted octanol–water partition coefficient (Wildman–Crippen LogP) is 3.07. The largest absolute Gasteiger partial charge is 0.349 e. The predicted molar refractivity (Wildman–Crippen MR) is 101 cm³/mol. The van der Waals surface area contributed by atoms with Crippen LogP contribution in [0.15, 0.2) is 55.1 Å². The van der Waals surface area contributed by atoms with E-state index in [9.17, 15) is 4.39 Å². The molecule has 6 heteroatoms. The van der Waals surface area contributed by atoms with Crippen LogP contribution in [-0.2, 0) is 6.54 Å². The monoisotopic (exact) mass is 351 g/mol. The third kappa shape index (κ3) is 3.65. The Kier molecular flexibility index (Phi) is 4.75. The molecule has 3 aromatic rings. The lowest BCUT2D eigenvalue weighted by atomic mass is 10.1. The van der Waals surface area contributed by atoms with Gasteiger partial charge in [-0.25, -0.2) is 14.4 Å². The van der Waals surface area contributed by atoms with Crippen molar-refractivity contribution in [2.45, 2.75) is 25.2 Å². The van der Waals surface area contributed by atoms with Crippen molar-refractivity contribution in [1.82, 2.24) is 19.9 Å². The Labute approximate surface area is 152 Å². The summed E-state index contributed by atoms with van der Waals surface area (Å²) in [5.41, 5.74) is 2.17. The highest BCUT2D eigenvalue weighted by Crippen LogP contribution is 2.26. The number of hydrogen-bond donors (Lipinski definition) is 0. The normalized spacial score (nSPS) is 20.2. The Bertz CT molecular complexity index is 872. The molecule has 0 N–H and O–H groups in total. The first kappa shape index (κ1) is 16.8. The molecule has 26 heavy (non-hydrogen) atoms. The average molecular weight is 351 g/mol. The van der Waals surface area contributed by atoms with Gasteiger partial charge in [0, 0.05) is 43.3 Å². The van der Waals surface area contributed by atoms with Crippen LogP contribution in [0.3, 0.4) is 0 Å². The van der Waals surface area contributed by atoms with E-state index in [1.54, 1.807) is 6.20 Å². The second-order valence-corrected chi connectivity index (χ2v) is 6.94. The fourth-order valence-electron chi connectivity index (χ4n) is 3.71. The van der Waals surface area contributed by atoms with Crippen molar-refractivity contribution in [3.8, 4) is 0 Å². The summed E-state index contributed by atoms with van der Waals surface area (Å²) in [5.74, 6) is 0.797. The van der Waals surface area contributed by atoms with E-state index in [0.717, 1.165) is 35.4 Å². The lowest BCUT2D eigenvalue weighted by Crippen LogP contribution is -2.39. The van der Waals surface area contributed by atoms with E-state index in [2.05, 4.69) is 43.9 Å². The highest BCUT2D eigenvalue weighted by atomic mass is 19.1. The fraction of sp³-hybridized carbons (Fsp3) is 0.350. The van der Waals surface area contributed by atoms with Crippen LogP contribution in [0.1, 0.15) is 12.0 Å². The van der Waals surface area contributed by atoms with Crippen LogP contribution in [0, 0.1) is 0 Å². The average Bonchev–Trinajstić information content (AvgIpc) is 3.02. The molecular formula is C20H22FN5. The zero-order chi connectivity index (χ0) is 17.9. The van der Waals surface area contributed by atoms with Crippen LogP contribution < -0.4 is 4.90 Å². The topological polar surface area (TPSA) is 45.2 Å². The Hall–Kier alpha value is -2.60. The molecule has 0 amide bonds. The van der Waals surface area contributed by atoms with Crippen molar-refractivity contribution in [2.24, 2.45) is 0 Å². The number of nitrogens with zero attached hydrogens (tertiary/aromatic N) is 5. The standard InChI is InChI=1S/C20H22FN5/c1-25(11-15-8-16-4-2-3-5-19(16)23-10-15)13-18-9-17(21)12-26(18)20-6-7-22-14-24-20/h2-8,10,14,17-18H,9,11-13H2,1H3/t17-,18-/m0/s1. The molecule has 1 fully saturated rings.